The quantitative estimate of drug-likeness (QED) is 0.916. The molecule has 0 radical (unpaired) electrons. The maximum Gasteiger partial charge on any atom is 0.263 e. The summed E-state index contributed by atoms with van der Waals surface area (Å²) >= 11 is 6.36. The maximum absolute atomic E-state index is 12.2. The van der Waals surface area contributed by atoms with Crippen molar-refractivity contribution in [1.29, 1.82) is 0 Å². The van der Waals surface area contributed by atoms with Gasteiger partial charge in [0.2, 0.25) is 0 Å². The number of nitrogens with zero attached hydrogens (tertiary/aromatic N) is 1. The van der Waals surface area contributed by atoms with E-state index in [0.29, 0.717) is 4.88 Å². The van der Waals surface area contributed by atoms with Crippen molar-refractivity contribution in [2.24, 2.45) is 0 Å². The number of amides is 1. The van der Waals surface area contributed by atoms with E-state index in [2.05, 4.69) is 26.2 Å². The number of rotatable bonds is 3. The van der Waals surface area contributed by atoms with Crippen LogP contribution in [0, 0.1) is 6.92 Å². The molecule has 0 spiro atoms. The minimum Gasteiger partial charge on any atom is -0.340 e. The van der Waals surface area contributed by atoms with Gasteiger partial charge in [-0.25, -0.2) is 4.98 Å². The topological polar surface area (TPSA) is 42.0 Å². The number of thiophene rings is 1. The second-order valence-electron chi connectivity index (χ2n) is 4.47. The fourth-order valence-electron chi connectivity index (χ4n) is 1.49. The Balaban J connectivity index is 2.18. The van der Waals surface area contributed by atoms with E-state index in [1.807, 2.05) is 37.6 Å². The average Bonchev–Trinajstić information content (AvgIpc) is 2.86. The Labute approximate surface area is 122 Å². The van der Waals surface area contributed by atoms with Gasteiger partial charge < -0.3 is 5.32 Å². The lowest BCUT2D eigenvalue weighted by atomic mass is 10.1. The van der Waals surface area contributed by atoms with Gasteiger partial charge in [-0.05, 0) is 48.1 Å². The lowest BCUT2D eigenvalue weighted by Crippen LogP contribution is -2.40. The normalized spacial score (nSPS) is 11.6. The first kappa shape index (κ1) is 13.7. The van der Waals surface area contributed by atoms with Crippen molar-refractivity contribution < 1.29 is 4.79 Å². The van der Waals surface area contributed by atoms with Crippen molar-refractivity contribution in [3.63, 3.8) is 0 Å². The summed E-state index contributed by atoms with van der Waals surface area (Å²) in [5, 5.41) is 7.81. The van der Waals surface area contributed by atoms with Gasteiger partial charge in [-0.1, -0.05) is 0 Å². The van der Waals surface area contributed by atoms with Crippen LogP contribution in [-0.2, 0) is 5.54 Å². The first-order valence-electron chi connectivity index (χ1n) is 5.38. The van der Waals surface area contributed by atoms with Crippen LogP contribution in [0.2, 0.25) is 0 Å². The molecule has 2 aromatic rings. The third-order valence-electron chi connectivity index (χ3n) is 2.40. The van der Waals surface area contributed by atoms with Crippen LogP contribution in [0.3, 0.4) is 0 Å². The minimum absolute atomic E-state index is 0.0743. The second kappa shape index (κ2) is 5.11. The summed E-state index contributed by atoms with van der Waals surface area (Å²) in [6, 6.07) is 1.88. The summed E-state index contributed by atoms with van der Waals surface area (Å²) in [6.45, 7) is 5.88. The van der Waals surface area contributed by atoms with E-state index < -0.39 is 5.54 Å². The van der Waals surface area contributed by atoms with Crippen molar-refractivity contribution >= 4 is 44.5 Å². The number of thiazole rings is 1. The molecule has 0 aliphatic rings. The summed E-state index contributed by atoms with van der Waals surface area (Å²) < 4.78 is 0.830. The number of carbonyl (C=O) groups is 1. The van der Waals surface area contributed by atoms with E-state index in [1.54, 1.807) is 11.3 Å². The maximum atomic E-state index is 12.2. The van der Waals surface area contributed by atoms with E-state index in [-0.39, 0.29) is 5.91 Å². The van der Waals surface area contributed by atoms with Crippen LogP contribution in [0.5, 0.6) is 0 Å². The smallest absolute Gasteiger partial charge is 0.263 e. The first-order chi connectivity index (χ1) is 8.40. The molecule has 0 aliphatic carbocycles. The highest BCUT2D eigenvalue weighted by Crippen LogP contribution is 2.27. The number of aromatic nitrogens is 1. The van der Waals surface area contributed by atoms with Gasteiger partial charge in [0.25, 0.3) is 5.91 Å². The zero-order valence-corrected chi connectivity index (χ0v) is 13.5. The summed E-state index contributed by atoms with van der Waals surface area (Å²) in [4.78, 5) is 17.3. The lowest BCUT2D eigenvalue weighted by molar-refractivity contribution is 0.0915. The van der Waals surface area contributed by atoms with Gasteiger partial charge >= 0.3 is 0 Å². The van der Waals surface area contributed by atoms with Crippen molar-refractivity contribution in [2.75, 3.05) is 0 Å². The SMILES string of the molecule is Cc1csc(C(C)(C)NC(=O)c2sccc2Br)n1. The molecule has 0 aliphatic heterocycles. The van der Waals surface area contributed by atoms with Crippen LogP contribution in [-0.4, -0.2) is 10.9 Å². The predicted molar refractivity (Wildman–Crippen MR) is 79.4 cm³/mol. The Morgan fingerprint density at radius 2 is 2.17 bits per heavy atom. The zero-order valence-electron chi connectivity index (χ0n) is 10.3. The third-order valence-corrected chi connectivity index (χ3v) is 5.52. The zero-order chi connectivity index (χ0) is 13.3. The van der Waals surface area contributed by atoms with E-state index in [1.165, 1.54) is 11.3 Å². The molecule has 18 heavy (non-hydrogen) atoms. The molecule has 0 saturated carbocycles. The molecule has 2 aromatic heterocycles. The fraction of sp³-hybridized carbons (Fsp3) is 0.333. The molecule has 0 unspecified atom stereocenters. The number of hydrogen-bond donors (Lipinski definition) is 1. The Kier molecular flexibility index (Phi) is 3.89. The molecule has 6 heteroatoms. The predicted octanol–water partition coefficient (Wildman–Crippen LogP) is 3.94. The molecule has 1 amide bonds. The van der Waals surface area contributed by atoms with Gasteiger partial charge in [0.05, 0.1) is 5.54 Å². The molecule has 0 atom stereocenters. The van der Waals surface area contributed by atoms with E-state index in [9.17, 15) is 4.79 Å². The summed E-state index contributed by atoms with van der Waals surface area (Å²) in [5.74, 6) is -0.0743. The summed E-state index contributed by atoms with van der Waals surface area (Å²) in [6.07, 6.45) is 0. The monoisotopic (exact) mass is 344 g/mol. The van der Waals surface area contributed by atoms with Crippen molar-refractivity contribution in [3.8, 4) is 0 Å². The summed E-state index contributed by atoms with van der Waals surface area (Å²) in [5.41, 5.74) is 0.522. The molecule has 1 N–H and O–H groups in total. The van der Waals surface area contributed by atoms with Gasteiger partial charge in [0.15, 0.2) is 0 Å². The number of carbonyl (C=O) groups excluding carboxylic acids is 1. The van der Waals surface area contributed by atoms with Crippen LogP contribution >= 0.6 is 38.6 Å². The second-order valence-corrected chi connectivity index (χ2v) is 7.10. The van der Waals surface area contributed by atoms with Gasteiger partial charge in [0, 0.05) is 15.5 Å². The number of nitrogens with one attached hydrogen (secondary N) is 1. The molecule has 96 valence electrons. The van der Waals surface area contributed by atoms with Crippen LogP contribution in [0.15, 0.2) is 21.3 Å². The van der Waals surface area contributed by atoms with E-state index in [0.717, 1.165) is 15.2 Å². The highest BCUT2D eigenvalue weighted by molar-refractivity contribution is 9.10. The Bertz CT molecular complexity index is 574. The molecule has 0 aromatic carbocycles. The summed E-state index contributed by atoms with van der Waals surface area (Å²) in [7, 11) is 0. The van der Waals surface area contributed by atoms with Crippen LogP contribution in [0.4, 0.5) is 0 Å². The number of aryl methyl sites for hydroxylation is 1. The Hall–Kier alpha value is -0.720. The average molecular weight is 345 g/mol. The Morgan fingerprint density at radius 1 is 1.44 bits per heavy atom. The highest BCUT2D eigenvalue weighted by atomic mass is 79.9. The van der Waals surface area contributed by atoms with Crippen LogP contribution in [0.1, 0.15) is 34.2 Å². The standard InChI is InChI=1S/C12H13BrN2OS2/c1-7-6-18-11(14-7)12(2,3)15-10(16)9-8(13)4-5-17-9/h4-6H,1-3H3,(H,15,16). The van der Waals surface area contributed by atoms with Crippen LogP contribution < -0.4 is 5.32 Å². The molecule has 3 nitrogen and oxygen atoms in total. The van der Waals surface area contributed by atoms with E-state index in [4.69, 9.17) is 0 Å². The van der Waals surface area contributed by atoms with Crippen molar-refractivity contribution in [2.45, 2.75) is 26.3 Å². The fourth-order valence-corrected chi connectivity index (χ4v) is 3.81. The van der Waals surface area contributed by atoms with Gasteiger partial charge in [-0.2, -0.15) is 0 Å². The molecular weight excluding hydrogens is 332 g/mol. The van der Waals surface area contributed by atoms with Gasteiger partial charge in [-0.3, -0.25) is 4.79 Å². The molecule has 2 heterocycles. The molecule has 2 rings (SSSR count). The minimum atomic E-state index is -0.459. The van der Waals surface area contributed by atoms with E-state index >= 15 is 0 Å². The van der Waals surface area contributed by atoms with Crippen molar-refractivity contribution in [1.82, 2.24) is 10.3 Å². The number of halogens is 1. The molecule has 0 saturated heterocycles. The molecular formula is C12H13BrN2OS2. The van der Waals surface area contributed by atoms with Gasteiger partial charge in [-0.15, -0.1) is 22.7 Å². The first-order valence-corrected chi connectivity index (χ1v) is 7.93. The largest absolute Gasteiger partial charge is 0.340 e. The number of hydrogen-bond acceptors (Lipinski definition) is 4. The molecule has 0 fully saturated rings. The highest BCUT2D eigenvalue weighted by Gasteiger charge is 2.27. The van der Waals surface area contributed by atoms with Crippen molar-refractivity contribution in [3.05, 3.63) is 36.9 Å². The van der Waals surface area contributed by atoms with Gasteiger partial charge in [0.1, 0.15) is 9.88 Å². The Morgan fingerprint density at radius 3 is 2.67 bits per heavy atom. The lowest BCUT2D eigenvalue weighted by Gasteiger charge is -2.23. The molecule has 0 bridgehead atoms. The van der Waals surface area contributed by atoms with Crippen LogP contribution in [0.25, 0.3) is 0 Å². The third kappa shape index (κ3) is 2.81.